The molecule has 0 aromatic heterocycles. The lowest BCUT2D eigenvalue weighted by Crippen LogP contribution is -2.23. The molecule has 2 fully saturated rings. The quantitative estimate of drug-likeness (QED) is 0.567. The van der Waals surface area contributed by atoms with Crippen LogP contribution in [0, 0.1) is 23.7 Å². The van der Waals surface area contributed by atoms with E-state index in [-0.39, 0.29) is 0 Å². The third kappa shape index (κ3) is 2.57. The Morgan fingerprint density at radius 3 is 2.40 bits per heavy atom. The smallest absolute Gasteiger partial charge is 0.0357 e. The fraction of sp³-hybridized carbons (Fsp3) is 1.00. The van der Waals surface area contributed by atoms with Crippen LogP contribution in [0.5, 0.6) is 0 Å². The molecular weight excluding hydrogens is 180 g/mol. The molecule has 0 aliphatic heterocycles. The topological polar surface area (TPSA) is 0 Å². The van der Waals surface area contributed by atoms with Gasteiger partial charge in [0, 0.05) is 0 Å². The van der Waals surface area contributed by atoms with Gasteiger partial charge < -0.3 is 0 Å². The van der Waals surface area contributed by atoms with Gasteiger partial charge in [0.2, 0.25) is 0 Å². The molecule has 0 radical (unpaired) electrons. The van der Waals surface area contributed by atoms with Crippen LogP contribution in [0.4, 0.5) is 0 Å². The van der Waals surface area contributed by atoms with Crippen LogP contribution in [0.3, 0.4) is 0 Å². The molecule has 0 bridgehead atoms. The van der Waals surface area contributed by atoms with Gasteiger partial charge in [0.25, 0.3) is 0 Å². The normalized spacial score (nSPS) is 42.8. The maximum Gasteiger partial charge on any atom is -0.0357 e. The molecule has 88 valence electrons. The van der Waals surface area contributed by atoms with Crippen molar-refractivity contribution in [1.29, 1.82) is 0 Å². The second-order valence-corrected chi connectivity index (χ2v) is 6.02. The van der Waals surface area contributed by atoms with Crippen molar-refractivity contribution in [3.8, 4) is 0 Å². The number of rotatable bonds is 1. The highest BCUT2D eigenvalue weighted by atomic mass is 14.4. The van der Waals surface area contributed by atoms with E-state index in [9.17, 15) is 0 Å². The Balaban J connectivity index is 2.07. The second-order valence-electron chi connectivity index (χ2n) is 6.02. The van der Waals surface area contributed by atoms with Gasteiger partial charge in [-0.15, -0.1) is 0 Å². The van der Waals surface area contributed by atoms with Crippen LogP contribution in [-0.2, 0) is 0 Å². The third-order valence-corrected chi connectivity index (χ3v) is 5.31. The molecule has 0 spiro atoms. The third-order valence-electron chi connectivity index (χ3n) is 5.31. The first-order chi connectivity index (χ1) is 7.33. The van der Waals surface area contributed by atoms with Crippen LogP contribution in [0.25, 0.3) is 0 Å². The van der Waals surface area contributed by atoms with E-state index < -0.39 is 0 Å². The Morgan fingerprint density at radius 1 is 0.867 bits per heavy atom. The van der Waals surface area contributed by atoms with E-state index in [0.717, 1.165) is 23.7 Å². The summed E-state index contributed by atoms with van der Waals surface area (Å²) in [5.41, 5.74) is 0. The van der Waals surface area contributed by atoms with Crippen LogP contribution >= 0.6 is 0 Å². The minimum atomic E-state index is 1.01. The van der Waals surface area contributed by atoms with E-state index >= 15 is 0 Å². The number of hydrogen-bond acceptors (Lipinski definition) is 0. The fourth-order valence-electron chi connectivity index (χ4n) is 4.29. The van der Waals surface area contributed by atoms with Crippen molar-refractivity contribution < 1.29 is 0 Å². The van der Waals surface area contributed by atoms with E-state index in [1.165, 1.54) is 38.5 Å². The van der Waals surface area contributed by atoms with Gasteiger partial charge in [-0.3, -0.25) is 0 Å². The van der Waals surface area contributed by atoms with Gasteiger partial charge in [-0.1, -0.05) is 65.2 Å². The van der Waals surface area contributed by atoms with Crippen LogP contribution in [0.1, 0.15) is 71.6 Å². The van der Waals surface area contributed by atoms with Crippen molar-refractivity contribution in [2.45, 2.75) is 71.6 Å². The van der Waals surface area contributed by atoms with Gasteiger partial charge in [-0.2, -0.15) is 0 Å². The molecule has 2 aliphatic carbocycles. The Bertz CT molecular complexity index is 184. The van der Waals surface area contributed by atoms with E-state index in [1.54, 1.807) is 19.3 Å². The summed E-state index contributed by atoms with van der Waals surface area (Å²) in [5.74, 6) is 4.23. The predicted octanol–water partition coefficient (Wildman–Crippen LogP) is 5.03. The van der Waals surface area contributed by atoms with E-state index in [0.29, 0.717) is 0 Å². The Labute approximate surface area is 95.8 Å². The average Bonchev–Trinajstić information content (AvgIpc) is 2.54. The molecule has 2 rings (SSSR count). The molecule has 0 saturated heterocycles. The van der Waals surface area contributed by atoms with Gasteiger partial charge in [-0.25, -0.2) is 0 Å². The molecule has 0 amide bonds. The number of hydrogen-bond donors (Lipinski definition) is 0. The van der Waals surface area contributed by atoms with E-state index in [2.05, 4.69) is 13.8 Å². The van der Waals surface area contributed by atoms with Crippen LogP contribution in [0.2, 0.25) is 0 Å². The maximum absolute atomic E-state index is 2.56. The Morgan fingerprint density at radius 2 is 1.60 bits per heavy atom. The second kappa shape index (κ2) is 5.37. The minimum absolute atomic E-state index is 1.01. The molecular formula is C15H28. The summed E-state index contributed by atoms with van der Waals surface area (Å²) in [4.78, 5) is 0. The summed E-state index contributed by atoms with van der Waals surface area (Å²) < 4.78 is 0. The summed E-state index contributed by atoms with van der Waals surface area (Å²) in [7, 11) is 0. The maximum atomic E-state index is 2.56. The monoisotopic (exact) mass is 208 g/mol. The summed E-state index contributed by atoms with van der Waals surface area (Å²) >= 11 is 0. The summed E-state index contributed by atoms with van der Waals surface area (Å²) in [6.07, 6.45) is 13.6. The first-order valence-corrected chi connectivity index (χ1v) is 7.33. The van der Waals surface area contributed by atoms with Crippen molar-refractivity contribution >= 4 is 0 Å². The van der Waals surface area contributed by atoms with Gasteiger partial charge in [0.05, 0.1) is 0 Å². The largest absolute Gasteiger partial charge is 0.0651 e. The van der Waals surface area contributed by atoms with Crippen molar-refractivity contribution in [3.63, 3.8) is 0 Å². The zero-order valence-corrected chi connectivity index (χ0v) is 10.7. The Kier molecular flexibility index (Phi) is 4.11. The molecule has 2 aliphatic rings. The average molecular weight is 208 g/mol. The summed E-state index contributed by atoms with van der Waals surface area (Å²) in [6, 6.07) is 0. The zero-order chi connectivity index (χ0) is 10.7. The van der Waals surface area contributed by atoms with E-state index in [1.807, 2.05) is 0 Å². The highest BCUT2D eigenvalue weighted by Gasteiger charge is 2.33. The van der Waals surface area contributed by atoms with Crippen molar-refractivity contribution in [2.24, 2.45) is 23.7 Å². The molecule has 2 saturated carbocycles. The molecule has 0 N–H and O–H groups in total. The van der Waals surface area contributed by atoms with Gasteiger partial charge in [0.1, 0.15) is 0 Å². The molecule has 0 heterocycles. The fourth-order valence-corrected chi connectivity index (χ4v) is 4.29. The highest BCUT2D eigenvalue weighted by Crippen LogP contribution is 2.44. The zero-order valence-electron chi connectivity index (χ0n) is 10.7. The van der Waals surface area contributed by atoms with Gasteiger partial charge in [0.15, 0.2) is 0 Å². The molecule has 0 aromatic rings. The first kappa shape index (κ1) is 11.5. The number of fused-ring (bicyclic) bond motifs is 1. The van der Waals surface area contributed by atoms with Gasteiger partial charge in [-0.05, 0) is 30.1 Å². The van der Waals surface area contributed by atoms with Crippen molar-refractivity contribution in [2.75, 3.05) is 0 Å². The molecule has 0 aromatic carbocycles. The van der Waals surface area contributed by atoms with Gasteiger partial charge >= 0.3 is 0 Å². The van der Waals surface area contributed by atoms with Crippen LogP contribution < -0.4 is 0 Å². The first-order valence-electron chi connectivity index (χ1n) is 7.33. The summed E-state index contributed by atoms with van der Waals surface area (Å²) in [6.45, 7) is 4.96. The molecule has 15 heavy (non-hydrogen) atoms. The van der Waals surface area contributed by atoms with Crippen LogP contribution in [-0.4, -0.2) is 0 Å². The molecule has 0 heteroatoms. The molecule has 4 unspecified atom stereocenters. The predicted molar refractivity (Wildman–Crippen MR) is 66.9 cm³/mol. The lowest BCUT2D eigenvalue weighted by atomic mass is 9.74. The van der Waals surface area contributed by atoms with E-state index in [4.69, 9.17) is 0 Å². The molecule has 0 nitrogen and oxygen atoms in total. The highest BCUT2D eigenvalue weighted by molar-refractivity contribution is 4.84. The lowest BCUT2D eigenvalue weighted by molar-refractivity contribution is 0.181. The van der Waals surface area contributed by atoms with Crippen molar-refractivity contribution in [1.82, 2.24) is 0 Å². The van der Waals surface area contributed by atoms with Crippen LogP contribution in [0.15, 0.2) is 0 Å². The lowest BCUT2D eigenvalue weighted by Gasteiger charge is -2.31. The SMILES string of the molecule is CCC1CCCC2CCCCCC2C1C. The minimum Gasteiger partial charge on any atom is -0.0651 e. The molecule has 4 atom stereocenters. The Hall–Kier alpha value is 0. The summed E-state index contributed by atoms with van der Waals surface area (Å²) in [5, 5.41) is 0. The van der Waals surface area contributed by atoms with Crippen molar-refractivity contribution in [3.05, 3.63) is 0 Å². The standard InChI is InChI=1S/C15H28/c1-3-13-9-7-10-14-8-5-4-6-11-15(14)12(13)2/h12-15H,3-11H2,1-2H3.